The van der Waals surface area contributed by atoms with Gasteiger partial charge in [0, 0.05) is 12.5 Å². The molecule has 2 atom stereocenters. The zero-order chi connectivity index (χ0) is 8.48. The first-order valence-corrected chi connectivity index (χ1v) is 3.34. The Bertz CT molecular complexity index is 128. The third-order valence-electron chi connectivity index (χ3n) is 1.75. The van der Waals surface area contributed by atoms with Gasteiger partial charge in [-0.15, -0.1) is 0 Å². The first-order chi connectivity index (χ1) is 5.02. The molecule has 1 fully saturated rings. The van der Waals surface area contributed by atoms with Gasteiger partial charge in [-0.1, -0.05) is 0 Å². The molecule has 0 unspecified atom stereocenters. The second-order valence-electron chi connectivity index (χ2n) is 2.61. The third-order valence-corrected chi connectivity index (χ3v) is 1.75. The van der Waals surface area contributed by atoms with Crippen LogP contribution in [0.5, 0.6) is 0 Å². The summed E-state index contributed by atoms with van der Waals surface area (Å²) in [5, 5.41) is 8.68. The van der Waals surface area contributed by atoms with Crippen LogP contribution in [0.4, 0.5) is 13.2 Å². The van der Waals surface area contributed by atoms with Gasteiger partial charge in [-0.2, -0.15) is 13.2 Å². The number of aliphatic hydroxyl groups excluding tert-OH is 1. The molecule has 1 heterocycles. The molecule has 2 nitrogen and oxygen atoms in total. The van der Waals surface area contributed by atoms with Crippen molar-refractivity contribution in [3.05, 3.63) is 0 Å². The summed E-state index contributed by atoms with van der Waals surface area (Å²) in [4.78, 5) is 0. The van der Waals surface area contributed by atoms with Crippen LogP contribution in [0.3, 0.4) is 0 Å². The number of hydrogen-bond acceptors (Lipinski definition) is 2. The van der Waals surface area contributed by atoms with Gasteiger partial charge in [-0.05, 0) is 6.42 Å². The molecule has 1 N–H and O–H groups in total. The summed E-state index contributed by atoms with van der Waals surface area (Å²) in [6, 6.07) is 0. The molecule has 1 saturated heterocycles. The van der Waals surface area contributed by atoms with Gasteiger partial charge in [0.25, 0.3) is 0 Å². The molecule has 1 aliphatic rings. The minimum atomic E-state index is -4.50. The highest BCUT2D eigenvalue weighted by Crippen LogP contribution is 2.29. The largest absolute Gasteiger partial charge is 0.414 e. The molecule has 0 spiro atoms. The van der Waals surface area contributed by atoms with Gasteiger partial charge in [-0.25, -0.2) is 0 Å². The summed E-state index contributed by atoms with van der Waals surface area (Å²) in [5.74, 6) is -0.769. The van der Waals surface area contributed by atoms with Crippen LogP contribution >= 0.6 is 0 Å². The highest BCUT2D eigenvalue weighted by Gasteiger charge is 2.44. The fourth-order valence-corrected chi connectivity index (χ4v) is 1.07. The summed E-state index contributed by atoms with van der Waals surface area (Å²) in [6.45, 7) is 0.332. The van der Waals surface area contributed by atoms with Crippen LogP contribution in [0.15, 0.2) is 0 Å². The van der Waals surface area contributed by atoms with Gasteiger partial charge in [0.15, 0.2) is 6.10 Å². The molecule has 11 heavy (non-hydrogen) atoms. The molecule has 0 amide bonds. The molecule has 0 radical (unpaired) electrons. The average molecular weight is 170 g/mol. The average Bonchev–Trinajstić information content (AvgIpc) is 2.34. The van der Waals surface area contributed by atoms with E-state index in [0.29, 0.717) is 13.0 Å². The molecule has 1 rings (SSSR count). The Labute approximate surface area is 62.0 Å². The first-order valence-electron chi connectivity index (χ1n) is 3.34. The monoisotopic (exact) mass is 170 g/mol. The molecular weight excluding hydrogens is 161 g/mol. The van der Waals surface area contributed by atoms with Crippen molar-refractivity contribution in [1.29, 1.82) is 0 Å². The van der Waals surface area contributed by atoms with Crippen LogP contribution in [0.25, 0.3) is 0 Å². The highest BCUT2D eigenvalue weighted by molar-refractivity contribution is 4.77. The number of hydrogen-bond donors (Lipinski definition) is 1. The van der Waals surface area contributed by atoms with Crippen molar-refractivity contribution in [1.82, 2.24) is 0 Å². The number of alkyl halides is 3. The van der Waals surface area contributed by atoms with Gasteiger partial charge in [0.1, 0.15) is 0 Å². The molecule has 5 heteroatoms. The molecule has 1 aliphatic heterocycles. The number of halogens is 3. The molecule has 66 valence electrons. The maximum atomic E-state index is 11.8. The minimum Gasteiger partial charge on any atom is -0.383 e. The quantitative estimate of drug-likeness (QED) is 0.634. The Kier molecular flexibility index (Phi) is 2.39. The lowest BCUT2D eigenvalue weighted by Crippen LogP contribution is -2.36. The third kappa shape index (κ3) is 2.07. The first kappa shape index (κ1) is 8.80. The maximum absolute atomic E-state index is 11.8. The molecule has 0 bridgehead atoms. The molecule has 0 aromatic heterocycles. The number of ether oxygens (including phenoxy) is 1. The predicted molar refractivity (Wildman–Crippen MR) is 31.0 cm³/mol. The van der Waals surface area contributed by atoms with Crippen LogP contribution in [0.1, 0.15) is 6.42 Å². The fourth-order valence-electron chi connectivity index (χ4n) is 1.07. The second-order valence-corrected chi connectivity index (χ2v) is 2.61. The van der Waals surface area contributed by atoms with Crippen molar-refractivity contribution in [3.8, 4) is 0 Å². The summed E-state index contributed by atoms with van der Waals surface area (Å²) in [7, 11) is 0. The van der Waals surface area contributed by atoms with Crippen molar-refractivity contribution >= 4 is 0 Å². The van der Waals surface area contributed by atoms with E-state index in [1.165, 1.54) is 0 Å². The number of rotatable bonds is 1. The van der Waals surface area contributed by atoms with E-state index >= 15 is 0 Å². The molecule has 0 aromatic rings. The molecule has 0 saturated carbocycles. The highest BCUT2D eigenvalue weighted by atomic mass is 19.4. The van der Waals surface area contributed by atoms with E-state index in [2.05, 4.69) is 0 Å². The molecular formula is C6H9F3O2. The van der Waals surface area contributed by atoms with Crippen molar-refractivity contribution in [2.45, 2.75) is 18.7 Å². The molecule has 0 aromatic carbocycles. The van der Waals surface area contributed by atoms with Crippen molar-refractivity contribution in [2.24, 2.45) is 5.92 Å². The summed E-state index contributed by atoms with van der Waals surface area (Å²) >= 11 is 0. The van der Waals surface area contributed by atoms with E-state index in [9.17, 15) is 13.2 Å². The van der Waals surface area contributed by atoms with E-state index in [0.717, 1.165) is 0 Å². The van der Waals surface area contributed by atoms with Gasteiger partial charge < -0.3 is 9.84 Å². The minimum absolute atomic E-state index is 0.0146. The van der Waals surface area contributed by atoms with E-state index < -0.39 is 18.2 Å². The Balaban J connectivity index is 2.46. The Hall–Kier alpha value is -0.290. The summed E-state index contributed by atoms with van der Waals surface area (Å²) in [6.07, 6.45) is -6.43. The zero-order valence-corrected chi connectivity index (χ0v) is 5.77. The summed E-state index contributed by atoms with van der Waals surface area (Å²) in [5.41, 5.74) is 0. The van der Waals surface area contributed by atoms with Crippen molar-refractivity contribution in [2.75, 3.05) is 13.2 Å². The second kappa shape index (κ2) is 2.98. The van der Waals surface area contributed by atoms with Crippen LogP contribution in [-0.4, -0.2) is 30.6 Å². The van der Waals surface area contributed by atoms with Gasteiger partial charge in [0.05, 0.1) is 6.61 Å². The predicted octanol–water partition coefficient (Wildman–Crippen LogP) is 0.946. The van der Waals surface area contributed by atoms with E-state index in [1.54, 1.807) is 0 Å². The Morgan fingerprint density at radius 2 is 2.09 bits per heavy atom. The van der Waals surface area contributed by atoms with E-state index in [-0.39, 0.29) is 6.61 Å². The SMILES string of the molecule is O[C@H]([C@H]1CCOC1)C(F)(F)F. The van der Waals surface area contributed by atoms with E-state index in [1.807, 2.05) is 0 Å². The van der Waals surface area contributed by atoms with E-state index in [4.69, 9.17) is 9.84 Å². The van der Waals surface area contributed by atoms with Crippen LogP contribution < -0.4 is 0 Å². The van der Waals surface area contributed by atoms with Crippen LogP contribution in [0.2, 0.25) is 0 Å². The van der Waals surface area contributed by atoms with Crippen LogP contribution in [-0.2, 0) is 4.74 Å². The standard InChI is InChI=1S/C6H9F3O2/c7-6(8,9)5(10)4-1-2-11-3-4/h4-5,10H,1-3H2/t4-,5+/m0/s1. The Morgan fingerprint density at radius 3 is 2.45 bits per heavy atom. The maximum Gasteiger partial charge on any atom is 0.414 e. The topological polar surface area (TPSA) is 29.5 Å². The van der Waals surface area contributed by atoms with Gasteiger partial charge >= 0.3 is 6.18 Å². The smallest absolute Gasteiger partial charge is 0.383 e. The van der Waals surface area contributed by atoms with Crippen molar-refractivity contribution < 1.29 is 23.0 Å². The van der Waals surface area contributed by atoms with Gasteiger partial charge in [0.2, 0.25) is 0 Å². The Morgan fingerprint density at radius 1 is 1.45 bits per heavy atom. The fraction of sp³-hybridized carbons (Fsp3) is 1.00. The summed E-state index contributed by atoms with van der Waals surface area (Å²) < 4.78 is 40.1. The van der Waals surface area contributed by atoms with Crippen molar-refractivity contribution in [3.63, 3.8) is 0 Å². The molecule has 0 aliphatic carbocycles. The van der Waals surface area contributed by atoms with Crippen LogP contribution in [0, 0.1) is 5.92 Å². The lowest BCUT2D eigenvalue weighted by atomic mass is 10.0. The number of aliphatic hydroxyl groups is 1. The lowest BCUT2D eigenvalue weighted by molar-refractivity contribution is -0.218. The lowest BCUT2D eigenvalue weighted by Gasteiger charge is -2.18. The zero-order valence-electron chi connectivity index (χ0n) is 5.77. The van der Waals surface area contributed by atoms with Gasteiger partial charge in [-0.3, -0.25) is 0 Å². The normalized spacial score (nSPS) is 28.9.